The number of sulfonamides is 1. The maximum Gasteiger partial charge on any atom is 0.213 e. The molecule has 0 bridgehead atoms. The van der Waals surface area contributed by atoms with Crippen LogP contribution in [0, 0.1) is 0 Å². The quantitative estimate of drug-likeness (QED) is 0.801. The van der Waals surface area contributed by atoms with Gasteiger partial charge in [0.25, 0.3) is 0 Å². The smallest absolute Gasteiger partial charge is 0.213 e. The van der Waals surface area contributed by atoms with Gasteiger partial charge in [0.1, 0.15) is 5.75 Å². The third kappa shape index (κ3) is 3.44. The van der Waals surface area contributed by atoms with Crippen molar-refractivity contribution in [3.63, 3.8) is 0 Å². The van der Waals surface area contributed by atoms with E-state index >= 15 is 0 Å². The standard InChI is InChI=1S/C14H21NO5S2/c1-3-21(16,17)15-10-8-14(9-11-15)22(18,19)13-6-4-12(20-2)5-7-13/h4-7,14H,3,8-11H2,1-2H3. The Hall–Kier alpha value is -1.12. The predicted octanol–water partition coefficient (Wildman–Crippen LogP) is 1.28. The minimum atomic E-state index is -3.44. The van der Waals surface area contributed by atoms with E-state index in [1.807, 2.05) is 0 Å². The lowest BCUT2D eigenvalue weighted by Crippen LogP contribution is -2.43. The molecule has 1 aliphatic heterocycles. The second-order valence-corrected chi connectivity index (χ2v) is 9.71. The first-order chi connectivity index (χ1) is 10.3. The summed E-state index contributed by atoms with van der Waals surface area (Å²) in [5.41, 5.74) is 0. The Morgan fingerprint density at radius 1 is 1.09 bits per heavy atom. The van der Waals surface area contributed by atoms with Crippen molar-refractivity contribution in [1.82, 2.24) is 4.31 Å². The van der Waals surface area contributed by atoms with Crippen molar-refractivity contribution in [2.24, 2.45) is 0 Å². The number of rotatable bonds is 5. The van der Waals surface area contributed by atoms with Crippen LogP contribution in [-0.2, 0) is 19.9 Å². The summed E-state index contributed by atoms with van der Waals surface area (Å²) in [6, 6.07) is 6.29. The van der Waals surface area contributed by atoms with Gasteiger partial charge in [0.15, 0.2) is 9.84 Å². The van der Waals surface area contributed by atoms with E-state index in [1.54, 1.807) is 19.1 Å². The highest BCUT2D eigenvalue weighted by Gasteiger charge is 2.34. The first-order valence-corrected chi connectivity index (χ1v) is 10.3. The van der Waals surface area contributed by atoms with E-state index in [4.69, 9.17) is 4.74 Å². The number of methoxy groups -OCH3 is 1. The van der Waals surface area contributed by atoms with E-state index in [-0.39, 0.29) is 23.7 Å². The van der Waals surface area contributed by atoms with Gasteiger partial charge in [-0.25, -0.2) is 21.1 Å². The van der Waals surface area contributed by atoms with Crippen molar-refractivity contribution in [1.29, 1.82) is 0 Å². The van der Waals surface area contributed by atoms with E-state index in [9.17, 15) is 16.8 Å². The maximum absolute atomic E-state index is 12.6. The Morgan fingerprint density at radius 2 is 1.64 bits per heavy atom. The molecule has 1 aromatic rings. The zero-order chi connectivity index (χ0) is 16.4. The molecule has 2 rings (SSSR count). The van der Waals surface area contributed by atoms with Gasteiger partial charge in [-0.1, -0.05) is 0 Å². The summed E-state index contributed by atoms with van der Waals surface area (Å²) in [4.78, 5) is 0.255. The van der Waals surface area contributed by atoms with E-state index in [1.165, 1.54) is 23.5 Å². The fourth-order valence-electron chi connectivity index (χ4n) is 2.56. The average Bonchev–Trinajstić information content (AvgIpc) is 2.55. The van der Waals surface area contributed by atoms with Gasteiger partial charge in [-0.15, -0.1) is 0 Å². The predicted molar refractivity (Wildman–Crippen MR) is 84.2 cm³/mol. The van der Waals surface area contributed by atoms with Crippen LogP contribution in [0.3, 0.4) is 0 Å². The minimum absolute atomic E-state index is 0.0445. The number of nitrogens with zero attached hydrogens (tertiary/aromatic N) is 1. The highest BCUT2D eigenvalue weighted by Crippen LogP contribution is 2.27. The van der Waals surface area contributed by atoms with Gasteiger partial charge < -0.3 is 4.74 Å². The molecule has 0 radical (unpaired) electrons. The van der Waals surface area contributed by atoms with Crippen LogP contribution in [0.1, 0.15) is 19.8 Å². The highest BCUT2D eigenvalue weighted by molar-refractivity contribution is 7.92. The first kappa shape index (κ1) is 17.2. The molecule has 0 amide bonds. The molecule has 0 atom stereocenters. The summed E-state index contributed by atoms with van der Waals surface area (Å²) >= 11 is 0. The first-order valence-electron chi connectivity index (χ1n) is 7.17. The van der Waals surface area contributed by atoms with Crippen molar-refractivity contribution in [2.45, 2.75) is 29.9 Å². The normalized spacial score (nSPS) is 18.3. The van der Waals surface area contributed by atoms with Crippen LogP contribution in [0.5, 0.6) is 5.75 Å². The Bertz CT molecular complexity index is 702. The summed E-state index contributed by atoms with van der Waals surface area (Å²) in [5.74, 6) is 0.644. The molecule has 0 unspecified atom stereocenters. The van der Waals surface area contributed by atoms with Gasteiger partial charge in [-0.2, -0.15) is 0 Å². The lowest BCUT2D eigenvalue weighted by atomic mass is 10.2. The molecular weight excluding hydrogens is 326 g/mol. The van der Waals surface area contributed by atoms with E-state index < -0.39 is 25.1 Å². The number of benzene rings is 1. The Labute approximate surface area is 132 Å². The number of ether oxygens (including phenoxy) is 1. The summed E-state index contributed by atoms with van der Waals surface area (Å²) in [7, 11) is -5.16. The molecule has 0 saturated carbocycles. The Morgan fingerprint density at radius 3 is 2.09 bits per heavy atom. The van der Waals surface area contributed by atoms with E-state index in [0.29, 0.717) is 18.6 Å². The van der Waals surface area contributed by atoms with Gasteiger partial charge in [0.05, 0.1) is 23.0 Å². The van der Waals surface area contributed by atoms with Crippen molar-refractivity contribution in [3.05, 3.63) is 24.3 Å². The molecule has 1 fully saturated rings. The summed E-state index contributed by atoms with van der Waals surface area (Å²) in [6.07, 6.45) is 0.654. The Kier molecular flexibility index (Phi) is 5.14. The van der Waals surface area contributed by atoms with Gasteiger partial charge in [0, 0.05) is 13.1 Å². The highest BCUT2D eigenvalue weighted by atomic mass is 32.2. The van der Waals surface area contributed by atoms with Gasteiger partial charge in [0.2, 0.25) is 10.0 Å². The minimum Gasteiger partial charge on any atom is -0.497 e. The molecule has 22 heavy (non-hydrogen) atoms. The van der Waals surface area contributed by atoms with Crippen LogP contribution >= 0.6 is 0 Å². The molecule has 124 valence electrons. The molecule has 6 nitrogen and oxygen atoms in total. The lowest BCUT2D eigenvalue weighted by Gasteiger charge is -2.30. The molecular formula is C14H21NO5S2. The summed E-state index contributed by atoms with van der Waals surface area (Å²) < 4.78 is 55.2. The van der Waals surface area contributed by atoms with Crippen LogP contribution in [0.4, 0.5) is 0 Å². The molecule has 1 saturated heterocycles. The second-order valence-electron chi connectivity index (χ2n) is 5.22. The van der Waals surface area contributed by atoms with E-state index in [2.05, 4.69) is 0 Å². The van der Waals surface area contributed by atoms with Gasteiger partial charge in [-0.3, -0.25) is 0 Å². The van der Waals surface area contributed by atoms with Crippen molar-refractivity contribution >= 4 is 19.9 Å². The monoisotopic (exact) mass is 347 g/mol. The molecule has 1 heterocycles. The van der Waals surface area contributed by atoms with Crippen LogP contribution in [0.25, 0.3) is 0 Å². The third-order valence-corrected chi connectivity index (χ3v) is 8.15. The van der Waals surface area contributed by atoms with Crippen molar-refractivity contribution in [3.8, 4) is 5.75 Å². The SMILES string of the molecule is CCS(=O)(=O)N1CCC(S(=O)(=O)c2ccc(OC)cc2)CC1. The topological polar surface area (TPSA) is 80.8 Å². The largest absolute Gasteiger partial charge is 0.497 e. The van der Waals surface area contributed by atoms with Crippen molar-refractivity contribution in [2.75, 3.05) is 26.0 Å². The zero-order valence-electron chi connectivity index (χ0n) is 12.7. The lowest BCUT2D eigenvalue weighted by molar-refractivity contribution is 0.346. The van der Waals surface area contributed by atoms with E-state index in [0.717, 1.165) is 0 Å². The fraction of sp³-hybridized carbons (Fsp3) is 0.571. The summed E-state index contributed by atoms with van der Waals surface area (Å²) in [6.45, 7) is 2.11. The summed E-state index contributed by atoms with van der Waals surface area (Å²) in [5, 5.41) is -0.538. The molecule has 8 heteroatoms. The van der Waals surface area contributed by atoms with Crippen LogP contribution in [-0.4, -0.2) is 52.3 Å². The third-order valence-electron chi connectivity index (χ3n) is 3.99. The second kappa shape index (κ2) is 6.55. The molecule has 0 aromatic heterocycles. The molecule has 1 aromatic carbocycles. The maximum atomic E-state index is 12.6. The van der Waals surface area contributed by atoms with Gasteiger partial charge >= 0.3 is 0 Å². The number of hydrogen-bond donors (Lipinski definition) is 0. The molecule has 0 N–H and O–H groups in total. The zero-order valence-corrected chi connectivity index (χ0v) is 14.4. The Balaban J connectivity index is 2.12. The van der Waals surface area contributed by atoms with Crippen LogP contribution < -0.4 is 4.74 Å². The number of sulfone groups is 1. The molecule has 1 aliphatic rings. The van der Waals surface area contributed by atoms with Crippen LogP contribution in [0.2, 0.25) is 0 Å². The van der Waals surface area contributed by atoms with Crippen molar-refractivity contribution < 1.29 is 21.6 Å². The molecule has 0 aliphatic carbocycles. The van der Waals surface area contributed by atoms with Crippen LogP contribution in [0.15, 0.2) is 29.2 Å². The number of hydrogen-bond acceptors (Lipinski definition) is 5. The molecule has 0 spiro atoms. The average molecular weight is 347 g/mol. The fourth-order valence-corrected chi connectivity index (χ4v) is 5.43. The van der Waals surface area contributed by atoms with Gasteiger partial charge in [-0.05, 0) is 44.0 Å². The number of piperidine rings is 1.